The molecule has 0 saturated heterocycles. The van der Waals surface area contributed by atoms with E-state index in [4.69, 9.17) is 0 Å². The number of hydrogen-bond acceptors (Lipinski definition) is 6. The van der Waals surface area contributed by atoms with Gasteiger partial charge in [0.1, 0.15) is 12.1 Å². The molecule has 1 aliphatic heterocycles. The summed E-state index contributed by atoms with van der Waals surface area (Å²) in [4.78, 5) is 11.2. The molecule has 0 bridgehead atoms. The number of aromatic nitrogens is 6. The Morgan fingerprint density at radius 3 is 2.80 bits per heavy atom. The van der Waals surface area contributed by atoms with Crippen molar-refractivity contribution in [3.05, 3.63) is 30.5 Å². The maximum absolute atomic E-state index is 9.75. The molecule has 0 saturated carbocycles. The number of hydrogen-bond donors (Lipinski definition) is 1. The fourth-order valence-corrected chi connectivity index (χ4v) is 3.38. The van der Waals surface area contributed by atoms with Crippen LogP contribution in [-0.2, 0) is 18.6 Å². The third kappa shape index (κ3) is 2.76. The first-order valence-corrected chi connectivity index (χ1v) is 8.53. The van der Waals surface area contributed by atoms with E-state index in [1.54, 1.807) is 12.5 Å². The number of aliphatic hydroxyl groups is 1. The molecule has 0 radical (unpaired) electrons. The molecule has 0 aromatic carbocycles. The molecule has 0 amide bonds. The summed E-state index contributed by atoms with van der Waals surface area (Å²) < 4.78 is 3.90. The minimum Gasteiger partial charge on any atom is -0.396 e. The van der Waals surface area contributed by atoms with Gasteiger partial charge in [-0.05, 0) is 26.8 Å². The van der Waals surface area contributed by atoms with Crippen LogP contribution >= 0.6 is 0 Å². The van der Waals surface area contributed by atoms with Crippen LogP contribution in [0.3, 0.4) is 0 Å². The Morgan fingerprint density at radius 1 is 1.20 bits per heavy atom. The molecule has 0 fully saturated rings. The molecule has 3 aromatic rings. The second-order valence-electron chi connectivity index (χ2n) is 7.60. The average Bonchev–Trinajstić information content (AvgIpc) is 3.16. The van der Waals surface area contributed by atoms with Gasteiger partial charge in [-0.2, -0.15) is 10.2 Å². The van der Waals surface area contributed by atoms with Crippen molar-refractivity contribution in [2.24, 2.45) is 5.92 Å². The minimum atomic E-state index is -0.154. The van der Waals surface area contributed by atoms with Gasteiger partial charge in [0.25, 0.3) is 0 Å². The van der Waals surface area contributed by atoms with Gasteiger partial charge in [-0.15, -0.1) is 0 Å². The van der Waals surface area contributed by atoms with E-state index in [0.717, 1.165) is 22.5 Å². The van der Waals surface area contributed by atoms with Gasteiger partial charge >= 0.3 is 0 Å². The van der Waals surface area contributed by atoms with Crippen LogP contribution < -0.4 is 4.90 Å². The van der Waals surface area contributed by atoms with E-state index in [9.17, 15) is 5.11 Å². The SMILES string of the molecule is CC(C)(C)n1ncc2c(N3Cc4ccnn4CC(CO)C3)ncnc21. The van der Waals surface area contributed by atoms with E-state index in [2.05, 4.69) is 45.8 Å². The van der Waals surface area contributed by atoms with Crippen LogP contribution in [0, 0.1) is 5.92 Å². The summed E-state index contributed by atoms with van der Waals surface area (Å²) >= 11 is 0. The van der Waals surface area contributed by atoms with E-state index in [0.29, 0.717) is 19.6 Å². The molecule has 0 spiro atoms. The highest BCUT2D eigenvalue weighted by atomic mass is 16.3. The number of nitrogens with zero attached hydrogens (tertiary/aromatic N) is 7. The van der Waals surface area contributed by atoms with Gasteiger partial charge in [-0.25, -0.2) is 14.6 Å². The normalized spacial score (nSPS) is 18.4. The van der Waals surface area contributed by atoms with Gasteiger partial charge in [-0.3, -0.25) is 4.68 Å². The lowest BCUT2D eigenvalue weighted by Gasteiger charge is -2.25. The molecule has 4 rings (SSSR count). The van der Waals surface area contributed by atoms with Crippen LogP contribution in [0.2, 0.25) is 0 Å². The monoisotopic (exact) mass is 341 g/mol. The third-order valence-corrected chi connectivity index (χ3v) is 4.61. The Balaban J connectivity index is 1.80. The van der Waals surface area contributed by atoms with Crippen LogP contribution in [-0.4, -0.2) is 47.8 Å². The molecule has 25 heavy (non-hydrogen) atoms. The van der Waals surface area contributed by atoms with Crippen molar-refractivity contribution < 1.29 is 5.11 Å². The first-order chi connectivity index (χ1) is 12.0. The number of aliphatic hydroxyl groups excluding tert-OH is 1. The summed E-state index contributed by atoms with van der Waals surface area (Å²) in [7, 11) is 0. The highest BCUT2D eigenvalue weighted by molar-refractivity contribution is 5.86. The van der Waals surface area contributed by atoms with E-state index < -0.39 is 0 Å². The Kier molecular flexibility index (Phi) is 3.72. The van der Waals surface area contributed by atoms with Crippen molar-refractivity contribution in [2.75, 3.05) is 18.1 Å². The lowest BCUT2D eigenvalue weighted by molar-refractivity contribution is 0.212. The quantitative estimate of drug-likeness (QED) is 0.758. The molecule has 1 aliphatic rings. The van der Waals surface area contributed by atoms with Crippen LogP contribution in [0.25, 0.3) is 11.0 Å². The summed E-state index contributed by atoms with van der Waals surface area (Å²) in [6.45, 7) is 8.56. The number of anilines is 1. The summed E-state index contributed by atoms with van der Waals surface area (Å²) in [5, 5.41) is 19.6. The van der Waals surface area contributed by atoms with E-state index in [1.807, 2.05) is 21.6 Å². The zero-order valence-corrected chi connectivity index (χ0v) is 14.8. The predicted octanol–water partition coefficient (Wildman–Crippen LogP) is 1.41. The summed E-state index contributed by atoms with van der Waals surface area (Å²) in [5.74, 6) is 0.956. The van der Waals surface area contributed by atoms with Crippen molar-refractivity contribution in [3.8, 4) is 0 Å². The lowest BCUT2D eigenvalue weighted by atomic mass is 10.1. The molecule has 8 nitrogen and oxygen atoms in total. The van der Waals surface area contributed by atoms with Crippen LogP contribution in [0.15, 0.2) is 24.8 Å². The van der Waals surface area contributed by atoms with Crippen molar-refractivity contribution >= 4 is 16.9 Å². The van der Waals surface area contributed by atoms with Gasteiger partial charge in [0.15, 0.2) is 5.65 Å². The Morgan fingerprint density at radius 2 is 2.04 bits per heavy atom. The largest absolute Gasteiger partial charge is 0.396 e. The fraction of sp³-hybridized carbons (Fsp3) is 0.529. The zero-order chi connectivity index (χ0) is 17.6. The molecule has 4 heterocycles. The standard InChI is InChI=1S/C17H23N7O/c1-17(2,3)24-16-14(6-21-24)15(18-11-19-16)22-7-12(10-25)8-23-13(9-22)4-5-20-23/h4-6,11-12,25H,7-10H2,1-3H3. The van der Waals surface area contributed by atoms with Crippen molar-refractivity contribution in [1.29, 1.82) is 0 Å². The topological polar surface area (TPSA) is 84.9 Å². The number of fused-ring (bicyclic) bond motifs is 2. The summed E-state index contributed by atoms with van der Waals surface area (Å²) in [6, 6.07) is 2.02. The molecular weight excluding hydrogens is 318 g/mol. The molecular formula is C17H23N7O. The first kappa shape index (κ1) is 16.0. The van der Waals surface area contributed by atoms with Crippen molar-refractivity contribution in [3.63, 3.8) is 0 Å². The smallest absolute Gasteiger partial charge is 0.163 e. The molecule has 3 aromatic heterocycles. The van der Waals surface area contributed by atoms with Crippen LogP contribution in [0.4, 0.5) is 5.82 Å². The van der Waals surface area contributed by atoms with Gasteiger partial charge in [-0.1, -0.05) is 0 Å². The highest BCUT2D eigenvalue weighted by Gasteiger charge is 2.26. The summed E-state index contributed by atoms with van der Waals surface area (Å²) in [6.07, 6.45) is 5.24. The first-order valence-electron chi connectivity index (χ1n) is 8.53. The lowest BCUT2D eigenvalue weighted by Crippen LogP contribution is -2.30. The molecule has 1 N–H and O–H groups in total. The van der Waals surface area contributed by atoms with Crippen LogP contribution in [0.5, 0.6) is 0 Å². The molecule has 8 heteroatoms. The second kappa shape index (κ2) is 5.80. The van der Waals surface area contributed by atoms with Gasteiger partial charge < -0.3 is 10.0 Å². The molecule has 1 atom stereocenters. The Bertz CT molecular complexity index is 892. The fourth-order valence-electron chi connectivity index (χ4n) is 3.38. The molecule has 0 aliphatic carbocycles. The molecule has 132 valence electrons. The van der Waals surface area contributed by atoms with Gasteiger partial charge in [0, 0.05) is 31.8 Å². The Hall–Kier alpha value is -2.48. The zero-order valence-electron chi connectivity index (χ0n) is 14.8. The highest BCUT2D eigenvalue weighted by Crippen LogP contribution is 2.29. The van der Waals surface area contributed by atoms with E-state index in [-0.39, 0.29) is 18.1 Å². The summed E-state index contributed by atoms with van der Waals surface area (Å²) in [5.41, 5.74) is 1.79. The maximum atomic E-state index is 9.75. The second-order valence-corrected chi connectivity index (χ2v) is 7.60. The van der Waals surface area contributed by atoms with Crippen molar-refractivity contribution in [1.82, 2.24) is 29.5 Å². The van der Waals surface area contributed by atoms with E-state index in [1.165, 1.54) is 0 Å². The van der Waals surface area contributed by atoms with Crippen LogP contribution in [0.1, 0.15) is 26.5 Å². The molecule has 1 unspecified atom stereocenters. The van der Waals surface area contributed by atoms with E-state index >= 15 is 0 Å². The van der Waals surface area contributed by atoms with Gasteiger partial charge in [0.2, 0.25) is 0 Å². The Labute approximate surface area is 146 Å². The average molecular weight is 341 g/mol. The van der Waals surface area contributed by atoms with Gasteiger partial charge in [0.05, 0.1) is 29.4 Å². The predicted molar refractivity (Wildman–Crippen MR) is 94.2 cm³/mol. The third-order valence-electron chi connectivity index (χ3n) is 4.61. The minimum absolute atomic E-state index is 0.101. The number of rotatable bonds is 2. The van der Waals surface area contributed by atoms with Crippen molar-refractivity contribution in [2.45, 2.75) is 39.4 Å². The maximum Gasteiger partial charge on any atom is 0.163 e.